The number of halogens is 2. The highest BCUT2D eigenvalue weighted by Crippen LogP contribution is 2.15. The van der Waals surface area contributed by atoms with Crippen molar-refractivity contribution in [1.29, 1.82) is 0 Å². The quantitative estimate of drug-likeness (QED) is 0.852. The van der Waals surface area contributed by atoms with Gasteiger partial charge in [-0.15, -0.1) is 11.6 Å². The monoisotopic (exact) mass is 253 g/mol. The Balaban J connectivity index is 2.14. The molecular weight excluding hydrogens is 245 g/mol. The number of benzene rings is 1. The van der Waals surface area contributed by atoms with Gasteiger partial charge in [0.05, 0.1) is 11.6 Å². The molecular formula is C12H9ClFNO2. The molecule has 0 aliphatic carbocycles. The lowest BCUT2D eigenvalue weighted by Gasteiger charge is -2.03. The maximum absolute atomic E-state index is 13.3. The lowest BCUT2D eigenvalue weighted by Crippen LogP contribution is -2.11. The Kier molecular flexibility index (Phi) is 3.44. The summed E-state index contributed by atoms with van der Waals surface area (Å²) >= 11 is 5.54. The second kappa shape index (κ2) is 5.01. The van der Waals surface area contributed by atoms with Gasteiger partial charge in [0.2, 0.25) is 0 Å². The van der Waals surface area contributed by atoms with E-state index in [1.807, 2.05) is 0 Å². The summed E-state index contributed by atoms with van der Waals surface area (Å²) in [5.74, 6) is -0.224. The van der Waals surface area contributed by atoms with Gasteiger partial charge in [-0.2, -0.15) is 0 Å². The first-order valence-electron chi connectivity index (χ1n) is 4.91. The number of amides is 1. The summed E-state index contributed by atoms with van der Waals surface area (Å²) < 4.78 is 18.4. The molecule has 0 radical (unpaired) electrons. The van der Waals surface area contributed by atoms with Crippen LogP contribution in [0.1, 0.15) is 16.3 Å². The van der Waals surface area contributed by atoms with Gasteiger partial charge >= 0.3 is 0 Å². The summed E-state index contributed by atoms with van der Waals surface area (Å²) in [5.41, 5.74) is 0.112. The largest absolute Gasteiger partial charge is 0.455 e. The molecule has 0 unspecified atom stereocenters. The molecule has 2 rings (SSSR count). The van der Waals surface area contributed by atoms with Crippen LogP contribution in [0, 0.1) is 5.82 Å². The number of anilines is 1. The Morgan fingerprint density at radius 3 is 2.71 bits per heavy atom. The molecule has 88 valence electrons. The first-order chi connectivity index (χ1) is 8.20. The third-order valence-corrected chi connectivity index (χ3v) is 2.40. The van der Waals surface area contributed by atoms with Crippen molar-refractivity contribution in [3.05, 3.63) is 53.7 Å². The highest BCUT2D eigenvalue weighted by molar-refractivity contribution is 6.16. The molecule has 0 aliphatic rings. The number of alkyl halides is 1. The minimum Gasteiger partial charge on any atom is -0.455 e. The number of carbonyl (C=O) groups is 1. The number of rotatable bonds is 3. The molecule has 0 atom stereocenters. The molecule has 0 aliphatic heterocycles. The zero-order valence-corrected chi connectivity index (χ0v) is 9.50. The van der Waals surface area contributed by atoms with Crippen LogP contribution in [-0.2, 0) is 5.88 Å². The Morgan fingerprint density at radius 2 is 2.06 bits per heavy atom. The fourth-order valence-electron chi connectivity index (χ4n) is 1.32. The second-order valence-corrected chi connectivity index (χ2v) is 3.60. The third-order valence-electron chi connectivity index (χ3n) is 2.14. The predicted molar refractivity (Wildman–Crippen MR) is 62.6 cm³/mol. The minimum absolute atomic E-state index is 0.101. The second-order valence-electron chi connectivity index (χ2n) is 3.33. The van der Waals surface area contributed by atoms with Crippen LogP contribution in [0.4, 0.5) is 10.1 Å². The van der Waals surface area contributed by atoms with E-state index in [0.717, 1.165) is 0 Å². The average molecular weight is 254 g/mol. The molecule has 0 fully saturated rings. The standard InChI is InChI=1S/C12H9ClFNO2/c13-7-8-5-6-11(17-8)12(16)15-10-4-2-1-3-9(10)14/h1-6H,7H2,(H,15,16). The zero-order chi connectivity index (χ0) is 12.3. The van der Waals surface area contributed by atoms with E-state index in [9.17, 15) is 9.18 Å². The van der Waals surface area contributed by atoms with E-state index in [1.54, 1.807) is 18.2 Å². The van der Waals surface area contributed by atoms with Crippen LogP contribution in [0.25, 0.3) is 0 Å². The summed E-state index contributed by atoms with van der Waals surface area (Å²) in [7, 11) is 0. The number of para-hydroxylation sites is 1. The van der Waals surface area contributed by atoms with Crippen LogP contribution in [-0.4, -0.2) is 5.91 Å². The van der Waals surface area contributed by atoms with E-state index in [0.29, 0.717) is 5.76 Å². The van der Waals surface area contributed by atoms with Crippen molar-refractivity contribution < 1.29 is 13.6 Å². The van der Waals surface area contributed by atoms with Crippen molar-refractivity contribution in [2.75, 3.05) is 5.32 Å². The topological polar surface area (TPSA) is 42.2 Å². The molecule has 0 saturated carbocycles. The van der Waals surface area contributed by atoms with Gasteiger partial charge in [0, 0.05) is 0 Å². The van der Waals surface area contributed by atoms with Crippen LogP contribution >= 0.6 is 11.6 Å². The van der Waals surface area contributed by atoms with Crippen molar-refractivity contribution in [2.45, 2.75) is 5.88 Å². The molecule has 0 spiro atoms. The van der Waals surface area contributed by atoms with Gasteiger partial charge in [-0.1, -0.05) is 12.1 Å². The van der Waals surface area contributed by atoms with E-state index in [-0.39, 0.29) is 17.3 Å². The van der Waals surface area contributed by atoms with Crippen LogP contribution in [0.2, 0.25) is 0 Å². The number of carbonyl (C=O) groups excluding carboxylic acids is 1. The van der Waals surface area contributed by atoms with Gasteiger partial charge < -0.3 is 9.73 Å². The molecule has 2 aromatic rings. The normalized spacial score (nSPS) is 10.2. The summed E-state index contributed by atoms with van der Waals surface area (Å²) in [6.45, 7) is 0. The van der Waals surface area contributed by atoms with Crippen molar-refractivity contribution >= 4 is 23.2 Å². The summed E-state index contributed by atoms with van der Waals surface area (Å²) in [5, 5.41) is 2.41. The van der Waals surface area contributed by atoms with Crippen molar-refractivity contribution in [3.63, 3.8) is 0 Å². The lowest BCUT2D eigenvalue weighted by atomic mass is 10.3. The summed E-state index contributed by atoms with van der Waals surface area (Å²) in [6.07, 6.45) is 0. The van der Waals surface area contributed by atoms with E-state index in [2.05, 4.69) is 5.32 Å². The van der Waals surface area contributed by atoms with Crippen molar-refractivity contribution in [1.82, 2.24) is 0 Å². The number of furan rings is 1. The molecule has 5 heteroatoms. The molecule has 1 aromatic carbocycles. The number of hydrogen-bond donors (Lipinski definition) is 1. The van der Waals surface area contributed by atoms with E-state index < -0.39 is 11.7 Å². The van der Waals surface area contributed by atoms with E-state index in [4.69, 9.17) is 16.0 Å². The Bertz CT molecular complexity index is 539. The van der Waals surface area contributed by atoms with Crippen molar-refractivity contribution in [2.24, 2.45) is 0 Å². The van der Waals surface area contributed by atoms with Crippen LogP contribution in [0.3, 0.4) is 0 Å². The maximum Gasteiger partial charge on any atom is 0.291 e. The fourth-order valence-corrected chi connectivity index (χ4v) is 1.46. The SMILES string of the molecule is O=C(Nc1ccccc1F)c1ccc(CCl)o1. The van der Waals surface area contributed by atoms with Gasteiger partial charge in [0.15, 0.2) is 5.76 Å². The van der Waals surface area contributed by atoms with E-state index in [1.165, 1.54) is 18.2 Å². The Hall–Kier alpha value is -1.81. The molecule has 1 aromatic heterocycles. The molecule has 1 heterocycles. The highest BCUT2D eigenvalue weighted by atomic mass is 35.5. The molecule has 0 saturated heterocycles. The Morgan fingerprint density at radius 1 is 1.29 bits per heavy atom. The summed E-state index contributed by atoms with van der Waals surface area (Å²) in [6, 6.07) is 9.01. The molecule has 3 nitrogen and oxygen atoms in total. The zero-order valence-electron chi connectivity index (χ0n) is 8.74. The van der Waals surface area contributed by atoms with E-state index >= 15 is 0 Å². The van der Waals surface area contributed by atoms with Gasteiger partial charge in [-0.3, -0.25) is 4.79 Å². The minimum atomic E-state index is -0.508. The van der Waals surface area contributed by atoms with Gasteiger partial charge in [0.25, 0.3) is 5.91 Å². The number of hydrogen-bond acceptors (Lipinski definition) is 2. The van der Waals surface area contributed by atoms with Crippen LogP contribution < -0.4 is 5.32 Å². The lowest BCUT2D eigenvalue weighted by molar-refractivity contribution is 0.0995. The highest BCUT2D eigenvalue weighted by Gasteiger charge is 2.12. The Labute approximate surface area is 102 Å². The molecule has 0 bridgehead atoms. The summed E-state index contributed by atoms with van der Waals surface area (Å²) in [4.78, 5) is 11.7. The van der Waals surface area contributed by atoms with Crippen LogP contribution in [0.5, 0.6) is 0 Å². The molecule has 1 N–H and O–H groups in total. The van der Waals surface area contributed by atoms with Crippen LogP contribution in [0.15, 0.2) is 40.8 Å². The predicted octanol–water partition coefficient (Wildman–Crippen LogP) is 3.41. The molecule has 17 heavy (non-hydrogen) atoms. The maximum atomic E-state index is 13.3. The van der Waals surface area contributed by atoms with Gasteiger partial charge in [0.1, 0.15) is 11.6 Å². The fraction of sp³-hybridized carbons (Fsp3) is 0.0833. The number of nitrogens with one attached hydrogen (secondary N) is 1. The van der Waals surface area contributed by atoms with Gasteiger partial charge in [-0.25, -0.2) is 4.39 Å². The average Bonchev–Trinajstić information content (AvgIpc) is 2.81. The van der Waals surface area contributed by atoms with Crippen molar-refractivity contribution in [3.8, 4) is 0 Å². The first-order valence-corrected chi connectivity index (χ1v) is 5.44. The van der Waals surface area contributed by atoms with Gasteiger partial charge in [-0.05, 0) is 24.3 Å². The molecule has 1 amide bonds. The smallest absolute Gasteiger partial charge is 0.291 e. The first kappa shape index (κ1) is 11.7. The third kappa shape index (κ3) is 2.65.